The zero-order chi connectivity index (χ0) is 35.0. The number of nitrogens with one attached hydrogen (secondary N) is 1. The highest BCUT2D eigenvalue weighted by Gasteiger charge is 2.42. The number of fused-ring (bicyclic) bond motifs is 2. The predicted molar refractivity (Wildman–Crippen MR) is 186 cm³/mol. The van der Waals surface area contributed by atoms with E-state index in [1.54, 1.807) is 20.5 Å². The van der Waals surface area contributed by atoms with E-state index in [4.69, 9.17) is 14.2 Å². The number of amides is 2. The molecule has 1 saturated heterocycles. The second-order valence-electron chi connectivity index (χ2n) is 14.9. The normalized spacial score (nSPS) is 17.6. The number of aromatic nitrogens is 4. The van der Waals surface area contributed by atoms with E-state index >= 15 is 0 Å². The van der Waals surface area contributed by atoms with Crippen LogP contribution in [0.25, 0.3) is 5.65 Å². The number of nitrogens with zero attached hydrogens (tertiary/aromatic N) is 6. The van der Waals surface area contributed by atoms with Crippen LogP contribution >= 0.6 is 0 Å². The first-order chi connectivity index (χ1) is 23.2. The van der Waals surface area contributed by atoms with Crippen LogP contribution in [0, 0.1) is 0 Å². The maximum absolute atomic E-state index is 13.1. The number of hydrogen-bond acceptors (Lipinski definition) is 9. The van der Waals surface area contributed by atoms with E-state index in [0.717, 1.165) is 47.2 Å². The second-order valence-corrected chi connectivity index (χ2v) is 14.9. The largest absolute Gasteiger partial charge is 0.444 e. The first kappa shape index (κ1) is 34.2. The highest BCUT2D eigenvalue weighted by atomic mass is 16.6. The lowest BCUT2D eigenvalue weighted by Gasteiger charge is -2.46. The van der Waals surface area contributed by atoms with Gasteiger partial charge in [-0.1, -0.05) is 42.5 Å². The van der Waals surface area contributed by atoms with Gasteiger partial charge in [0, 0.05) is 24.2 Å². The second kappa shape index (κ2) is 13.3. The van der Waals surface area contributed by atoms with E-state index in [1.807, 2.05) is 77.1 Å². The summed E-state index contributed by atoms with van der Waals surface area (Å²) in [5, 5.41) is 8.08. The lowest BCUT2D eigenvalue weighted by Crippen LogP contribution is -2.57. The van der Waals surface area contributed by atoms with Crippen LogP contribution in [0.2, 0.25) is 0 Å². The van der Waals surface area contributed by atoms with Crippen LogP contribution in [0.15, 0.2) is 61.1 Å². The van der Waals surface area contributed by atoms with Crippen molar-refractivity contribution in [3.05, 3.63) is 83.3 Å². The maximum Gasteiger partial charge on any atom is 0.414 e. The van der Waals surface area contributed by atoms with Crippen molar-refractivity contribution in [3.8, 4) is 0 Å². The maximum atomic E-state index is 13.1. The van der Waals surface area contributed by atoms with Gasteiger partial charge in [0.2, 0.25) is 5.95 Å². The van der Waals surface area contributed by atoms with Crippen LogP contribution in [0.4, 0.5) is 21.2 Å². The Balaban J connectivity index is 1.13. The summed E-state index contributed by atoms with van der Waals surface area (Å²) in [7, 11) is 0. The molecule has 0 spiro atoms. The molecule has 1 unspecified atom stereocenters. The van der Waals surface area contributed by atoms with Gasteiger partial charge < -0.3 is 24.4 Å². The van der Waals surface area contributed by atoms with E-state index in [1.165, 1.54) is 6.33 Å². The van der Waals surface area contributed by atoms with Crippen molar-refractivity contribution in [1.29, 1.82) is 0 Å². The molecule has 2 aliphatic rings. The van der Waals surface area contributed by atoms with Gasteiger partial charge >= 0.3 is 12.2 Å². The summed E-state index contributed by atoms with van der Waals surface area (Å²) in [6, 6.07) is 15.6. The van der Waals surface area contributed by atoms with E-state index in [-0.39, 0.29) is 30.4 Å². The third-order valence-corrected chi connectivity index (χ3v) is 9.21. The standard InChI is InChI=1S/C37H47N7O5/c1-35(2,3)49-34(46)43-22-27(16-18-36(43,4)5)48-37(6,7)29-21-41-44-31(29)39-24-40-32(44)38-20-26-14-11-15-30-28(26)17-19-42(30)33(45)47-23-25-12-9-8-10-13-25/h8-15,21,24,27H,16-20,22-23H2,1-7H3,(H,38,39,40). The number of likely N-dealkylation sites (tertiary alicyclic amines) is 1. The number of hydrogen-bond donors (Lipinski definition) is 1. The van der Waals surface area contributed by atoms with Crippen molar-refractivity contribution >= 4 is 29.5 Å². The highest BCUT2D eigenvalue weighted by Crippen LogP contribution is 2.36. The molecule has 0 saturated carbocycles. The molecule has 2 aromatic heterocycles. The third-order valence-electron chi connectivity index (χ3n) is 9.21. The molecule has 4 heterocycles. The zero-order valence-corrected chi connectivity index (χ0v) is 29.5. The molecule has 2 aromatic carbocycles. The lowest BCUT2D eigenvalue weighted by molar-refractivity contribution is -0.118. The Bertz CT molecular complexity index is 1810. The first-order valence-corrected chi connectivity index (χ1v) is 16.9. The summed E-state index contributed by atoms with van der Waals surface area (Å²) in [5.74, 6) is 0.539. The van der Waals surface area contributed by atoms with E-state index in [0.29, 0.717) is 31.2 Å². The number of carbonyl (C=O) groups is 2. The fourth-order valence-electron chi connectivity index (χ4n) is 6.60. The van der Waals surface area contributed by atoms with Crippen LogP contribution < -0.4 is 10.2 Å². The lowest BCUT2D eigenvalue weighted by atomic mass is 9.89. The average molecular weight is 670 g/mol. The van der Waals surface area contributed by atoms with Gasteiger partial charge in [-0.15, -0.1) is 0 Å². The fourth-order valence-corrected chi connectivity index (χ4v) is 6.60. The molecule has 0 radical (unpaired) electrons. The molecule has 12 heteroatoms. The van der Waals surface area contributed by atoms with Gasteiger partial charge in [-0.25, -0.2) is 19.6 Å². The average Bonchev–Trinajstić information content (AvgIpc) is 3.69. The SMILES string of the molecule is CC(C)(C)OC(=O)N1CC(OC(C)(C)c2cnn3c(NCc4cccc5c4CCN5C(=O)OCc4ccccc4)ncnc23)CCC1(C)C. The van der Waals surface area contributed by atoms with E-state index in [2.05, 4.69) is 40.3 Å². The Labute approximate surface area is 287 Å². The molecule has 0 bridgehead atoms. The van der Waals surface area contributed by atoms with Gasteiger partial charge in [0.15, 0.2) is 5.65 Å². The van der Waals surface area contributed by atoms with Crippen molar-refractivity contribution in [2.75, 3.05) is 23.3 Å². The molecule has 6 rings (SSSR count). The van der Waals surface area contributed by atoms with Gasteiger partial charge in [-0.05, 0) is 90.5 Å². The highest BCUT2D eigenvalue weighted by molar-refractivity contribution is 5.90. The molecule has 49 heavy (non-hydrogen) atoms. The Kier molecular flexibility index (Phi) is 9.27. The van der Waals surface area contributed by atoms with Crippen molar-refractivity contribution in [3.63, 3.8) is 0 Å². The number of benzene rings is 2. The summed E-state index contributed by atoms with van der Waals surface area (Å²) in [4.78, 5) is 38.7. The first-order valence-electron chi connectivity index (χ1n) is 16.9. The number of anilines is 2. The molecular weight excluding hydrogens is 622 g/mol. The minimum absolute atomic E-state index is 0.194. The quantitative estimate of drug-likeness (QED) is 0.214. The minimum Gasteiger partial charge on any atom is -0.444 e. The number of rotatable bonds is 8. The third kappa shape index (κ3) is 7.49. The molecule has 260 valence electrons. The van der Waals surface area contributed by atoms with Crippen molar-refractivity contribution < 1.29 is 23.8 Å². The molecule has 1 N–H and O–H groups in total. The summed E-state index contributed by atoms with van der Waals surface area (Å²) in [5.41, 5.74) is 3.75. The zero-order valence-electron chi connectivity index (χ0n) is 29.5. The van der Waals surface area contributed by atoms with E-state index < -0.39 is 11.2 Å². The Hall–Kier alpha value is -4.71. The fraction of sp³-hybridized carbons (Fsp3) is 0.486. The van der Waals surface area contributed by atoms with Gasteiger partial charge in [0.1, 0.15) is 18.5 Å². The van der Waals surface area contributed by atoms with Crippen LogP contribution in [0.1, 0.15) is 83.6 Å². The van der Waals surface area contributed by atoms with Gasteiger partial charge in [0.25, 0.3) is 0 Å². The Morgan fingerprint density at radius 2 is 1.78 bits per heavy atom. The number of ether oxygens (including phenoxy) is 3. The molecule has 2 aliphatic heterocycles. The van der Waals surface area contributed by atoms with Crippen LogP contribution in [0.3, 0.4) is 0 Å². The summed E-state index contributed by atoms with van der Waals surface area (Å²) in [6.07, 6.45) is 4.73. The number of carbonyl (C=O) groups excluding carboxylic acids is 2. The van der Waals surface area contributed by atoms with Crippen molar-refractivity contribution in [1.82, 2.24) is 24.5 Å². The van der Waals surface area contributed by atoms with Crippen LogP contribution in [0.5, 0.6) is 0 Å². The molecule has 12 nitrogen and oxygen atoms in total. The van der Waals surface area contributed by atoms with Crippen molar-refractivity contribution in [2.45, 2.75) is 104 Å². The number of piperidine rings is 1. The predicted octanol–water partition coefficient (Wildman–Crippen LogP) is 6.87. The minimum atomic E-state index is -0.752. The summed E-state index contributed by atoms with van der Waals surface area (Å²) in [6.45, 7) is 15.5. The Morgan fingerprint density at radius 3 is 2.53 bits per heavy atom. The molecule has 2 amide bonds. The van der Waals surface area contributed by atoms with Gasteiger partial charge in [-0.2, -0.15) is 9.61 Å². The molecule has 1 atom stereocenters. The molecular formula is C37H47N7O5. The van der Waals surface area contributed by atoms with Gasteiger partial charge in [-0.3, -0.25) is 4.90 Å². The van der Waals surface area contributed by atoms with Crippen LogP contribution in [-0.4, -0.2) is 67.0 Å². The monoisotopic (exact) mass is 669 g/mol. The molecule has 1 fully saturated rings. The topological polar surface area (TPSA) is 123 Å². The summed E-state index contributed by atoms with van der Waals surface area (Å²) >= 11 is 0. The smallest absolute Gasteiger partial charge is 0.414 e. The Morgan fingerprint density at radius 1 is 1.00 bits per heavy atom. The van der Waals surface area contributed by atoms with E-state index in [9.17, 15) is 9.59 Å². The van der Waals surface area contributed by atoms with Crippen molar-refractivity contribution in [2.24, 2.45) is 0 Å². The van der Waals surface area contributed by atoms with Crippen LogP contribution in [-0.2, 0) is 39.4 Å². The van der Waals surface area contributed by atoms with Gasteiger partial charge in [0.05, 0.1) is 30.1 Å². The molecule has 4 aromatic rings. The molecule has 0 aliphatic carbocycles. The summed E-state index contributed by atoms with van der Waals surface area (Å²) < 4.78 is 19.7.